The molecule has 0 aliphatic carbocycles. The van der Waals surface area contributed by atoms with E-state index < -0.39 is 10.0 Å². The van der Waals surface area contributed by atoms with E-state index in [9.17, 15) is 8.42 Å². The molecule has 0 amide bonds. The van der Waals surface area contributed by atoms with Crippen molar-refractivity contribution in [1.29, 1.82) is 0 Å². The Bertz CT molecular complexity index is 553. The molecule has 0 radical (unpaired) electrons. The average molecular weight is 296 g/mol. The van der Waals surface area contributed by atoms with Crippen LogP contribution in [0.3, 0.4) is 0 Å². The molecule has 20 heavy (non-hydrogen) atoms. The Hall–Kier alpha value is -1.07. The first-order valence-electron chi connectivity index (χ1n) is 7.19. The third kappa shape index (κ3) is 3.96. The third-order valence-electron chi connectivity index (χ3n) is 3.77. The molecule has 0 spiro atoms. The maximum atomic E-state index is 12.3. The van der Waals surface area contributed by atoms with Crippen LogP contribution in [0.15, 0.2) is 12.1 Å². The quantitative estimate of drug-likeness (QED) is 0.897. The van der Waals surface area contributed by atoms with Crippen LogP contribution in [0, 0.1) is 20.8 Å². The van der Waals surface area contributed by atoms with Crippen molar-refractivity contribution in [2.24, 2.45) is 0 Å². The Morgan fingerprint density at radius 2 is 1.85 bits per heavy atom. The van der Waals surface area contributed by atoms with Crippen molar-refractivity contribution in [3.63, 3.8) is 0 Å². The van der Waals surface area contributed by atoms with Crippen LogP contribution in [0.4, 0.5) is 5.69 Å². The van der Waals surface area contributed by atoms with Gasteiger partial charge < -0.3 is 5.32 Å². The number of hydrogen-bond donors (Lipinski definition) is 2. The summed E-state index contributed by atoms with van der Waals surface area (Å²) in [5.41, 5.74) is 3.83. The average Bonchev–Trinajstić information content (AvgIpc) is 2.34. The first kappa shape index (κ1) is 15.3. The maximum absolute atomic E-state index is 12.3. The smallest absolute Gasteiger partial charge is 0.234 e. The van der Waals surface area contributed by atoms with Gasteiger partial charge in [0.25, 0.3) is 0 Å². The van der Waals surface area contributed by atoms with Gasteiger partial charge in [0.1, 0.15) is 0 Å². The second-order valence-corrected chi connectivity index (χ2v) is 7.57. The number of hydrogen-bond acceptors (Lipinski definition) is 3. The second kappa shape index (κ2) is 6.14. The Morgan fingerprint density at radius 3 is 2.40 bits per heavy atom. The summed E-state index contributed by atoms with van der Waals surface area (Å²) in [5.74, 6) is 0.153. The number of nitrogens with one attached hydrogen (secondary N) is 2. The fourth-order valence-corrected chi connectivity index (χ4v) is 4.40. The normalized spacial score (nSPS) is 19.9. The Labute approximate surface area is 122 Å². The molecule has 1 heterocycles. The second-order valence-electron chi connectivity index (χ2n) is 5.80. The molecule has 1 atom stereocenters. The highest BCUT2D eigenvalue weighted by Gasteiger charge is 2.21. The summed E-state index contributed by atoms with van der Waals surface area (Å²) in [6.45, 7) is 6.82. The first-order valence-corrected chi connectivity index (χ1v) is 8.84. The molecule has 2 rings (SSSR count). The summed E-state index contributed by atoms with van der Waals surface area (Å²) >= 11 is 0. The monoisotopic (exact) mass is 296 g/mol. The fraction of sp³-hybridized carbons (Fsp3) is 0.600. The molecule has 1 fully saturated rings. The zero-order chi connectivity index (χ0) is 14.8. The molecule has 4 nitrogen and oxygen atoms in total. The molecule has 1 unspecified atom stereocenters. The van der Waals surface area contributed by atoms with Gasteiger partial charge in [0.2, 0.25) is 10.0 Å². The van der Waals surface area contributed by atoms with Gasteiger partial charge in [-0.2, -0.15) is 0 Å². The summed E-state index contributed by atoms with van der Waals surface area (Å²) < 4.78 is 27.4. The minimum atomic E-state index is -3.30. The van der Waals surface area contributed by atoms with E-state index in [1.807, 2.05) is 32.9 Å². The number of benzene rings is 1. The summed E-state index contributed by atoms with van der Waals surface area (Å²) in [4.78, 5) is 0. The predicted molar refractivity (Wildman–Crippen MR) is 83.7 cm³/mol. The van der Waals surface area contributed by atoms with Gasteiger partial charge in [0.05, 0.1) is 11.4 Å². The van der Waals surface area contributed by atoms with Crippen molar-refractivity contribution < 1.29 is 8.42 Å². The molecule has 112 valence electrons. The van der Waals surface area contributed by atoms with E-state index in [-0.39, 0.29) is 11.8 Å². The molecular formula is C15H24N2O2S. The largest absolute Gasteiger partial charge is 0.313 e. The molecule has 1 aliphatic heterocycles. The Balaban J connectivity index is 2.11. The highest BCUT2D eigenvalue weighted by atomic mass is 32.2. The molecule has 5 heteroatoms. The number of piperidine rings is 1. The molecule has 1 aromatic carbocycles. The van der Waals surface area contributed by atoms with E-state index >= 15 is 0 Å². The maximum Gasteiger partial charge on any atom is 0.234 e. The summed E-state index contributed by atoms with van der Waals surface area (Å²) in [6, 6.07) is 4.08. The molecule has 1 aliphatic rings. The number of rotatable bonds is 4. The van der Waals surface area contributed by atoms with Crippen molar-refractivity contribution in [3.05, 3.63) is 28.8 Å². The minimum Gasteiger partial charge on any atom is -0.313 e. The van der Waals surface area contributed by atoms with E-state index in [2.05, 4.69) is 10.0 Å². The summed E-state index contributed by atoms with van der Waals surface area (Å²) in [5, 5.41) is 3.28. The van der Waals surface area contributed by atoms with Gasteiger partial charge in [-0.3, -0.25) is 4.72 Å². The molecule has 2 N–H and O–H groups in total. The SMILES string of the molecule is Cc1cc(C)c(NS(=O)(=O)CC2CCCCN2)c(C)c1. The van der Waals surface area contributed by atoms with Crippen LogP contribution < -0.4 is 10.0 Å². The van der Waals surface area contributed by atoms with Crippen LogP contribution in [0.2, 0.25) is 0 Å². The zero-order valence-electron chi connectivity index (χ0n) is 12.5. The minimum absolute atomic E-state index is 0.0762. The molecule has 0 bridgehead atoms. The van der Waals surface area contributed by atoms with Crippen LogP contribution >= 0.6 is 0 Å². The molecule has 0 aromatic heterocycles. The van der Waals surface area contributed by atoms with Gasteiger partial charge in [0, 0.05) is 6.04 Å². The van der Waals surface area contributed by atoms with E-state index in [4.69, 9.17) is 0 Å². The van der Waals surface area contributed by atoms with Gasteiger partial charge in [0.15, 0.2) is 0 Å². The molecule has 1 aromatic rings. The molecular weight excluding hydrogens is 272 g/mol. The van der Waals surface area contributed by atoms with Crippen molar-refractivity contribution >= 4 is 15.7 Å². The van der Waals surface area contributed by atoms with Crippen molar-refractivity contribution in [3.8, 4) is 0 Å². The lowest BCUT2D eigenvalue weighted by molar-refractivity contribution is 0.424. The van der Waals surface area contributed by atoms with Crippen LogP contribution in [0.1, 0.15) is 36.0 Å². The summed E-state index contributed by atoms with van der Waals surface area (Å²) in [7, 11) is -3.30. The van der Waals surface area contributed by atoms with Crippen molar-refractivity contribution in [2.45, 2.75) is 46.1 Å². The standard InChI is InChI=1S/C15H24N2O2S/c1-11-8-12(2)15(13(3)9-11)17-20(18,19)10-14-6-4-5-7-16-14/h8-9,14,16-17H,4-7,10H2,1-3H3. The third-order valence-corrected chi connectivity index (χ3v) is 5.12. The van der Waals surface area contributed by atoms with E-state index in [0.717, 1.165) is 48.2 Å². The lowest BCUT2D eigenvalue weighted by Gasteiger charge is -2.24. The van der Waals surface area contributed by atoms with E-state index in [1.165, 1.54) is 0 Å². The highest BCUT2D eigenvalue weighted by Crippen LogP contribution is 2.23. The van der Waals surface area contributed by atoms with Gasteiger partial charge in [-0.1, -0.05) is 24.1 Å². The van der Waals surface area contributed by atoms with Crippen LogP contribution in [-0.2, 0) is 10.0 Å². The number of anilines is 1. The predicted octanol–water partition coefficient (Wildman–Crippen LogP) is 2.50. The number of sulfonamides is 1. The van der Waals surface area contributed by atoms with Crippen LogP contribution in [0.5, 0.6) is 0 Å². The van der Waals surface area contributed by atoms with E-state index in [1.54, 1.807) is 0 Å². The van der Waals surface area contributed by atoms with Crippen molar-refractivity contribution in [1.82, 2.24) is 5.32 Å². The van der Waals surface area contributed by atoms with Gasteiger partial charge in [-0.15, -0.1) is 0 Å². The van der Waals surface area contributed by atoms with Crippen LogP contribution in [-0.4, -0.2) is 26.8 Å². The van der Waals surface area contributed by atoms with Crippen molar-refractivity contribution in [2.75, 3.05) is 17.0 Å². The highest BCUT2D eigenvalue weighted by molar-refractivity contribution is 7.92. The molecule has 0 saturated carbocycles. The van der Waals surface area contributed by atoms with Gasteiger partial charge in [-0.25, -0.2) is 8.42 Å². The zero-order valence-corrected chi connectivity index (χ0v) is 13.3. The fourth-order valence-electron chi connectivity index (χ4n) is 2.87. The molecule has 1 saturated heterocycles. The summed E-state index contributed by atoms with van der Waals surface area (Å²) in [6.07, 6.45) is 3.18. The Kier molecular flexibility index (Phi) is 4.70. The first-order chi connectivity index (χ1) is 9.37. The number of aryl methyl sites for hydroxylation is 3. The lowest BCUT2D eigenvalue weighted by atomic mass is 10.1. The topological polar surface area (TPSA) is 58.2 Å². The van der Waals surface area contributed by atoms with Gasteiger partial charge in [-0.05, 0) is 51.3 Å². The Morgan fingerprint density at radius 1 is 1.20 bits per heavy atom. The van der Waals surface area contributed by atoms with E-state index in [0.29, 0.717) is 0 Å². The van der Waals surface area contributed by atoms with Crippen LogP contribution in [0.25, 0.3) is 0 Å². The lowest BCUT2D eigenvalue weighted by Crippen LogP contribution is -2.40. The van der Waals surface area contributed by atoms with Gasteiger partial charge >= 0.3 is 0 Å².